The molecule has 1 fully saturated rings. The van der Waals surface area contributed by atoms with Gasteiger partial charge < -0.3 is 5.73 Å². The molecule has 1 atom stereocenters. The van der Waals surface area contributed by atoms with Crippen LogP contribution in [0.4, 0.5) is 0 Å². The SMILES string of the molecule is C=[N+]1CCC[C@@H](N)C1. The molecule has 0 unspecified atom stereocenters. The van der Waals surface area contributed by atoms with E-state index in [1.807, 2.05) is 4.58 Å². The molecule has 2 heteroatoms. The van der Waals surface area contributed by atoms with Crippen molar-refractivity contribution in [2.75, 3.05) is 13.1 Å². The lowest BCUT2D eigenvalue weighted by molar-refractivity contribution is -0.531. The molecule has 1 saturated heterocycles. The maximum absolute atomic E-state index is 5.64. The summed E-state index contributed by atoms with van der Waals surface area (Å²) in [6.07, 6.45) is 2.39. The minimum Gasteiger partial charge on any atom is -0.322 e. The fourth-order valence-corrected chi connectivity index (χ4v) is 1.09. The van der Waals surface area contributed by atoms with E-state index in [4.69, 9.17) is 5.73 Å². The van der Waals surface area contributed by atoms with Crippen molar-refractivity contribution in [3.8, 4) is 0 Å². The highest BCUT2D eigenvalue weighted by atomic mass is 15.0. The van der Waals surface area contributed by atoms with Crippen LogP contribution < -0.4 is 5.73 Å². The third-order valence-corrected chi connectivity index (χ3v) is 1.54. The molecule has 0 aromatic heterocycles. The number of nitrogens with zero attached hydrogens (tertiary/aromatic N) is 1. The van der Waals surface area contributed by atoms with E-state index in [0.29, 0.717) is 6.04 Å². The largest absolute Gasteiger partial charge is 0.322 e. The van der Waals surface area contributed by atoms with Crippen LogP contribution in [0.15, 0.2) is 0 Å². The van der Waals surface area contributed by atoms with Gasteiger partial charge in [0.2, 0.25) is 0 Å². The molecule has 0 aromatic rings. The number of nitrogens with two attached hydrogens (primary N) is 1. The van der Waals surface area contributed by atoms with Crippen LogP contribution in [-0.2, 0) is 0 Å². The number of piperidine rings is 1. The van der Waals surface area contributed by atoms with Crippen molar-refractivity contribution in [3.63, 3.8) is 0 Å². The van der Waals surface area contributed by atoms with Gasteiger partial charge in [-0.25, -0.2) is 4.58 Å². The van der Waals surface area contributed by atoms with Crippen LogP contribution in [0.2, 0.25) is 0 Å². The second-order valence-electron chi connectivity index (χ2n) is 2.48. The Balaban J connectivity index is 2.34. The average Bonchev–Trinajstić information content (AvgIpc) is 1.64. The molecule has 1 aliphatic rings. The highest BCUT2D eigenvalue weighted by Gasteiger charge is 2.15. The van der Waals surface area contributed by atoms with Crippen molar-refractivity contribution in [1.29, 1.82) is 0 Å². The maximum Gasteiger partial charge on any atom is 0.157 e. The molecule has 0 amide bonds. The van der Waals surface area contributed by atoms with Gasteiger partial charge in [-0.1, -0.05) is 0 Å². The van der Waals surface area contributed by atoms with Crippen LogP contribution in [0.25, 0.3) is 0 Å². The minimum absolute atomic E-state index is 0.376. The van der Waals surface area contributed by atoms with Gasteiger partial charge in [0, 0.05) is 6.42 Å². The van der Waals surface area contributed by atoms with Crippen LogP contribution in [-0.4, -0.2) is 30.4 Å². The third-order valence-electron chi connectivity index (χ3n) is 1.54. The summed E-state index contributed by atoms with van der Waals surface area (Å²) in [6.45, 7) is 5.89. The molecule has 8 heavy (non-hydrogen) atoms. The number of rotatable bonds is 0. The number of hydrogen-bond donors (Lipinski definition) is 1. The summed E-state index contributed by atoms with van der Waals surface area (Å²) in [7, 11) is 0. The first-order chi connectivity index (χ1) is 3.79. The Morgan fingerprint density at radius 1 is 1.62 bits per heavy atom. The highest BCUT2D eigenvalue weighted by molar-refractivity contribution is 5.14. The molecule has 0 bridgehead atoms. The van der Waals surface area contributed by atoms with Gasteiger partial charge in [0.25, 0.3) is 0 Å². The highest BCUT2D eigenvalue weighted by Crippen LogP contribution is 2.01. The van der Waals surface area contributed by atoms with Crippen LogP contribution >= 0.6 is 0 Å². The van der Waals surface area contributed by atoms with Gasteiger partial charge in [-0.2, -0.15) is 0 Å². The third kappa shape index (κ3) is 1.30. The van der Waals surface area contributed by atoms with Crippen molar-refractivity contribution in [3.05, 3.63) is 0 Å². The Morgan fingerprint density at radius 2 is 2.38 bits per heavy atom. The Labute approximate surface area is 50.0 Å². The lowest BCUT2D eigenvalue weighted by Crippen LogP contribution is -2.36. The van der Waals surface area contributed by atoms with Crippen LogP contribution in [0.1, 0.15) is 12.8 Å². The Hall–Kier alpha value is -0.370. The second-order valence-corrected chi connectivity index (χ2v) is 2.48. The summed E-state index contributed by atoms with van der Waals surface area (Å²) < 4.78 is 2.04. The van der Waals surface area contributed by atoms with Crippen molar-refractivity contribution in [1.82, 2.24) is 0 Å². The molecule has 1 aliphatic heterocycles. The normalized spacial score (nSPS) is 30.6. The first-order valence-electron chi connectivity index (χ1n) is 3.10. The zero-order valence-corrected chi connectivity index (χ0v) is 5.14. The summed E-state index contributed by atoms with van der Waals surface area (Å²) >= 11 is 0. The van der Waals surface area contributed by atoms with Crippen LogP contribution in [0.5, 0.6) is 0 Å². The molecule has 0 aromatic carbocycles. The standard InChI is InChI=1S/C6H13N2/c1-8-4-2-3-6(7)5-8/h6H,1-5,7H2/q+1/t6-/m1/s1. The molecule has 0 radical (unpaired) electrons. The molecule has 1 rings (SSSR count). The molecule has 0 saturated carbocycles. The van der Waals surface area contributed by atoms with E-state index >= 15 is 0 Å². The van der Waals surface area contributed by atoms with Gasteiger partial charge in [-0.05, 0) is 6.42 Å². The minimum atomic E-state index is 0.376. The summed E-state index contributed by atoms with van der Waals surface area (Å²) in [5.74, 6) is 0. The van der Waals surface area contributed by atoms with E-state index in [1.165, 1.54) is 12.8 Å². The van der Waals surface area contributed by atoms with Gasteiger partial charge >= 0.3 is 0 Å². The molecule has 2 nitrogen and oxygen atoms in total. The van der Waals surface area contributed by atoms with Gasteiger partial charge in [0.05, 0.1) is 6.04 Å². The fourth-order valence-electron chi connectivity index (χ4n) is 1.09. The predicted molar refractivity (Wildman–Crippen MR) is 34.3 cm³/mol. The number of hydrogen-bond acceptors (Lipinski definition) is 1. The molecule has 0 spiro atoms. The Morgan fingerprint density at radius 3 is 2.75 bits per heavy atom. The second kappa shape index (κ2) is 2.27. The Bertz CT molecular complexity index is 98.7. The van der Waals surface area contributed by atoms with Crippen molar-refractivity contribution in [2.24, 2.45) is 5.73 Å². The van der Waals surface area contributed by atoms with Crippen molar-refractivity contribution in [2.45, 2.75) is 18.9 Å². The van der Waals surface area contributed by atoms with E-state index < -0.39 is 0 Å². The van der Waals surface area contributed by atoms with Crippen LogP contribution in [0, 0.1) is 0 Å². The zero-order chi connectivity index (χ0) is 5.98. The quantitative estimate of drug-likeness (QED) is 0.434. The van der Waals surface area contributed by atoms with Gasteiger partial charge in [-0.15, -0.1) is 0 Å². The first-order valence-corrected chi connectivity index (χ1v) is 3.10. The van der Waals surface area contributed by atoms with E-state index in [0.717, 1.165) is 13.1 Å². The molecular weight excluding hydrogens is 100 g/mol. The maximum atomic E-state index is 5.64. The first kappa shape index (κ1) is 5.76. The molecule has 2 N–H and O–H groups in total. The van der Waals surface area contributed by atoms with E-state index in [1.54, 1.807) is 0 Å². The average molecular weight is 113 g/mol. The van der Waals surface area contributed by atoms with Gasteiger partial charge in [-0.3, -0.25) is 0 Å². The van der Waals surface area contributed by atoms with Crippen LogP contribution in [0.3, 0.4) is 0 Å². The zero-order valence-electron chi connectivity index (χ0n) is 5.14. The smallest absolute Gasteiger partial charge is 0.157 e. The van der Waals surface area contributed by atoms with Crippen molar-refractivity contribution >= 4 is 6.72 Å². The summed E-state index contributed by atoms with van der Waals surface area (Å²) in [5, 5.41) is 0. The monoisotopic (exact) mass is 113 g/mol. The fraction of sp³-hybridized carbons (Fsp3) is 0.833. The van der Waals surface area contributed by atoms with E-state index in [9.17, 15) is 0 Å². The summed E-state index contributed by atoms with van der Waals surface area (Å²) in [5.41, 5.74) is 5.64. The van der Waals surface area contributed by atoms with Gasteiger partial charge in [0.15, 0.2) is 6.54 Å². The van der Waals surface area contributed by atoms with E-state index in [-0.39, 0.29) is 0 Å². The Kier molecular flexibility index (Phi) is 1.63. The predicted octanol–water partition coefficient (Wildman–Crippen LogP) is -0.179. The summed E-state index contributed by atoms with van der Waals surface area (Å²) in [4.78, 5) is 0. The lowest BCUT2D eigenvalue weighted by Gasteiger charge is -2.14. The van der Waals surface area contributed by atoms with Crippen molar-refractivity contribution < 1.29 is 4.58 Å². The lowest BCUT2D eigenvalue weighted by atomic mass is 10.1. The van der Waals surface area contributed by atoms with Gasteiger partial charge in [0.1, 0.15) is 13.3 Å². The molecule has 0 aliphatic carbocycles. The molecular formula is C6H13N2+. The van der Waals surface area contributed by atoms with E-state index in [2.05, 4.69) is 6.72 Å². The molecule has 1 heterocycles. The topological polar surface area (TPSA) is 29.0 Å². The molecule has 46 valence electrons. The summed E-state index contributed by atoms with van der Waals surface area (Å²) in [6, 6.07) is 0.376.